The minimum atomic E-state index is 0.386. The Morgan fingerprint density at radius 1 is 1.27 bits per heavy atom. The molecular weight excluding hydrogens is 186 g/mol. The zero-order valence-corrected chi connectivity index (χ0v) is 9.12. The number of benzene rings is 1. The van der Waals surface area contributed by atoms with Crippen molar-refractivity contribution in [2.24, 2.45) is 0 Å². The second kappa shape index (κ2) is 3.62. The van der Waals surface area contributed by atoms with E-state index in [9.17, 15) is 0 Å². The highest BCUT2D eigenvalue weighted by Crippen LogP contribution is 2.32. The van der Waals surface area contributed by atoms with E-state index in [1.165, 1.54) is 23.1 Å². The zero-order chi connectivity index (χ0) is 10.3. The third-order valence-corrected chi connectivity index (χ3v) is 3.67. The Bertz CT molecular complexity index is 375. The van der Waals surface area contributed by atoms with Crippen molar-refractivity contribution >= 4 is 0 Å². The fourth-order valence-electron chi connectivity index (χ4n) is 2.71. The molecule has 0 aromatic heterocycles. The van der Waals surface area contributed by atoms with Crippen LogP contribution in [-0.2, 0) is 17.8 Å². The maximum atomic E-state index is 5.62. The summed E-state index contributed by atoms with van der Waals surface area (Å²) in [6.07, 6.45) is 1.56. The lowest BCUT2D eigenvalue weighted by Crippen LogP contribution is -2.09. The van der Waals surface area contributed by atoms with E-state index in [2.05, 4.69) is 30.4 Å². The van der Waals surface area contributed by atoms with Crippen LogP contribution >= 0.6 is 0 Å². The molecular formula is C13H17NO. The number of nitrogens with one attached hydrogen (secondary N) is 1. The van der Waals surface area contributed by atoms with Gasteiger partial charge in [-0.25, -0.2) is 0 Å². The second-order valence-electron chi connectivity index (χ2n) is 4.60. The van der Waals surface area contributed by atoms with Crippen LogP contribution in [-0.4, -0.2) is 12.7 Å². The van der Waals surface area contributed by atoms with Crippen LogP contribution in [0.25, 0.3) is 0 Å². The molecule has 2 heterocycles. The lowest BCUT2D eigenvalue weighted by Gasteiger charge is -2.15. The Labute approximate surface area is 90.6 Å². The number of ether oxygens (including phenoxy) is 1. The molecule has 0 saturated carbocycles. The van der Waals surface area contributed by atoms with Crippen LogP contribution in [0.5, 0.6) is 0 Å². The predicted molar refractivity (Wildman–Crippen MR) is 59.8 cm³/mol. The highest BCUT2D eigenvalue weighted by molar-refractivity contribution is 5.36. The molecule has 2 aliphatic rings. The van der Waals surface area contributed by atoms with Crippen LogP contribution in [0, 0.1) is 0 Å². The van der Waals surface area contributed by atoms with Crippen molar-refractivity contribution in [1.29, 1.82) is 0 Å². The van der Waals surface area contributed by atoms with Crippen molar-refractivity contribution in [3.63, 3.8) is 0 Å². The summed E-state index contributed by atoms with van der Waals surface area (Å²) in [6.45, 7) is 5.17. The van der Waals surface area contributed by atoms with E-state index in [0.29, 0.717) is 12.0 Å². The highest BCUT2D eigenvalue weighted by Gasteiger charge is 2.26. The normalized spacial score (nSPS) is 29.4. The largest absolute Gasteiger partial charge is 0.378 e. The molecule has 1 N–H and O–H groups in total. The monoisotopic (exact) mass is 203 g/mol. The lowest BCUT2D eigenvalue weighted by molar-refractivity contribution is 0.118. The molecule has 2 heteroatoms. The van der Waals surface area contributed by atoms with Gasteiger partial charge in [0.15, 0.2) is 0 Å². The maximum absolute atomic E-state index is 5.62. The molecule has 1 fully saturated rings. The van der Waals surface area contributed by atoms with Crippen LogP contribution in [0.1, 0.15) is 36.0 Å². The average molecular weight is 203 g/mol. The molecule has 0 radical (unpaired) electrons. The van der Waals surface area contributed by atoms with E-state index >= 15 is 0 Å². The topological polar surface area (TPSA) is 21.3 Å². The van der Waals surface area contributed by atoms with Gasteiger partial charge in [0, 0.05) is 25.6 Å². The number of hydrogen-bond acceptors (Lipinski definition) is 2. The average Bonchev–Trinajstić information content (AvgIpc) is 2.84. The minimum Gasteiger partial charge on any atom is -0.378 e. The predicted octanol–water partition coefficient (Wildman–Crippen LogP) is 2.18. The Hall–Kier alpha value is -0.860. The molecule has 2 aliphatic heterocycles. The van der Waals surface area contributed by atoms with Gasteiger partial charge in [-0.3, -0.25) is 0 Å². The van der Waals surface area contributed by atoms with Crippen LogP contribution in [0.2, 0.25) is 0 Å². The summed E-state index contributed by atoms with van der Waals surface area (Å²) in [6, 6.07) is 6.92. The molecule has 1 aromatic rings. The molecule has 0 bridgehead atoms. The Morgan fingerprint density at radius 3 is 2.93 bits per heavy atom. The van der Waals surface area contributed by atoms with Crippen LogP contribution in [0.4, 0.5) is 0 Å². The summed E-state index contributed by atoms with van der Waals surface area (Å²) < 4.78 is 5.62. The summed E-state index contributed by atoms with van der Waals surface area (Å²) in [5.41, 5.74) is 4.40. The van der Waals surface area contributed by atoms with Gasteiger partial charge in [-0.05, 0) is 30.0 Å². The van der Waals surface area contributed by atoms with E-state index in [1.807, 2.05) is 0 Å². The first kappa shape index (κ1) is 9.37. The molecule has 80 valence electrons. The van der Waals surface area contributed by atoms with Crippen molar-refractivity contribution in [2.45, 2.75) is 38.5 Å². The van der Waals surface area contributed by atoms with Crippen molar-refractivity contribution in [3.05, 3.63) is 34.9 Å². The van der Waals surface area contributed by atoms with E-state index in [1.54, 1.807) is 0 Å². The van der Waals surface area contributed by atoms with Gasteiger partial charge in [-0.2, -0.15) is 0 Å². The standard InChI is InChI=1S/C13H17NO/c1-9-13(4-5-15-9)10-2-3-11-7-14-8-12(11)6-10/h2-3,6,9,13-14H,4-5,7-8H2,1H3/t9-,13+/m1/s1. The van der Waals surface area contributed by atoms with Gasteiger partial charge in [0.1, 0.15) is 0 Å². The Balaban J connectivity index is 1.92. The summed E-state index contributed by atoms with van der Waals surface area (Å²) >= 11 is 0. The fraction of sp³-hybridized carbons (Fsp3) is 0.538. The van der Waals surface area contributed by atoms with E-state index in [4.69, 9.17) is 4.74 Å². The lowest BCUT2D eigenvalue weighted by atomic mass is 9.91. The molecule has 2 atom stereocenters. The molecule has 15 heavy (non-hydrogen) atoms. The molecule has 0 amide bonds. The van der Waals surface area contributed by atoms with Gasteiger partial charge in [0.25, 0.3) is 0 Å². The summed E-state index contributed by atoms with van der Waals surface area (Å²) in [5.74, 6) is 0.607. The van der Waals surface area contributed by atoms with Crippen LogP contribution in [0.3, 0.4) is 0 Å². The number of hydrogen-bond donors (Lipinski definition) is 1. The molecule has 0 spiro atoms. The van der Waals surface area contributed by atoms with E-state index < -0.39 is 0 Å². The Kier molecular flexibility index (Phi) is 2.26. The van der Waals surface area contributed by atoms with Crippen molar-refractivity contribution in [2.75, 3.05) is 6.61 Å². The SMILES string of the molecule is C[C@H]1OCC[C@@H]1c1ccc2c(c1)CNC2. The van der Waals surface area contributed by atoms with Gasteiger partial charge < -0.3 is 10.1 Å². The highest BCUT2D eigenvalue weighted by atomic mass is 16.5. The molecule has 1 saturated heterocycles. The third-order valence-electron chi connectivity index (χ3n) is 3.67. The fourth-order valence-corrected chi connectivity index (χ4v) is 2.71. The molecule has 0 aliphatic carbocycles. The first-order valence-corrected chi connectivity index (χ1v) is 5.78. The maximum Gasteiger partial charge on any atom is 0.0616 e. The summed E-state index contributed by atoms with van der Waals surface area (Å²) in [7, 11) is 0. The van der Waals surface area contributed by atoms with Gasteiger partial charge in [-0.1, -0.05) is 18.2 Å². The molecule has 3 rings (SSSR count). The zero-order valence-electron chi connectivity index (χ0n) is 9.12. The smallest absolute Gasteiger partial charge is 0.0616 e. The molecule has 2 nitrogen and oxygen atoms in total. The van der Waals surface area contributed by atoms with Gasteiger partial charge in [0.2, 0.25) is 0 Å². The van der Waals surface area contributed by atoms with Crippen LogP contribution in [0.15, 0.2) is 18.2 Å². The van der Waals surface area contributed by atoms with Gasteiger partial charge in [-0.15, -0.1) is 0 Å². The first-order valence-electron chi connectivity index (χ1n) is 5.78. The van der Waals surface area contributed by atoms with E-state index in [-0.39, 0.29) is 0 Å². The third kappa shape index (κ3) is 1.58. The van der Waals surface area contributed by atoms with Crippen molar-refractivity contribution in [1.82, 2.24) is 5.32 Å². The van der Waals surface area contributed by atoms with Crippen LogP contribution < -0.4 is 5.32 Å². The van der Waals surface area contributed by atoms with Crippen molar-refractivity contribution in [3.8, 4) is 0 Å². The number of fused-ring (bicyclic) bond motifs is 1. The van der Waals surface area contributed by atoms with Gasteiger partial charge >= 0.3 is 0 Å². The van der Waals surface area contributed by atoms with Crippen molar-refractivity contribution < 1.29 is 4.74 Å². The van der Waals surface area contributed by atoms with Gasteiger partial charge in [0.05, 0.1) is 6.10 Å². The second-order valence-corrected chi connectivity index (χ2v) is 4.60. The quantitative estimate of drug-likeness (QED) is 0.755. The summed E-state index contributed by atoms with van der Waals surface area (Å²) in [5, 5.41) is 3.39. The summed E-state index contributed by atoms with van der Waals surface area (Å²) in [4.78, 5) is 0. The number of rotatable bonds is 1. The Morgan fingerprint density at radius 2 is 2.13 bits per heavy atom. The first-order chi connectivity index (χ1) is 7.34. The molecule has 0 unspecified atom stereocenters. The van der Waals surface area contributed by atoms with E-state index in [0.717, 1.165) is 19.7 Å². The molecule has 1 aromatic carbocycles. The minimum absolute atomic E-state index is 0.386.